The van der Waals surface area contributed by atoms with E-state index in [1.54, 1.807) is 19.1 Å². The molecule has 2 amide bonds. The Morgan fingerprint density at radius 2 is 1.90 bits per heavy atom. The van der Waals surface area contributed by atoms with Crippen molar-refractivity contribution in [1.82, 2.24) is 15.3 Å². The second-order valence-electron chi connectivity index (χ2n) is 4.27. The molecule has 2 aromatic rings. The van der Waals surface area contributed by atoms with Crippen molar-refractivity contribution in [2.24, 2.45) is 0 Å². The summed E-state index contributed by atoms with van der Waals surface area (Å²) in [7, 11) is 1.52. The number of nitrogens with zero attached hydrogens (tertiary/aromatic N) is 2. The molecule has 0 radical (unpaired) electrons. The zero-order chi connectivity index (χ0) is 15.4. The molecule has 7 heteroatoms. The van der Waals surface area contributed by atoms with Crippen LogP contribution in [0.1, 0.15) is 26.5 Å². The molecule has 6 nitrogen and oxygen atoms in total. The van der Waals surface area contributed by atoms with E-state index in [2.05, 4.69) is 20.6 Å². The molecule has 2 N–H and O–H groups in total. The van der Waals surface area contributed by atoms with Crippen LogP contribution in [0.2, 0.25) is 5.02 Å². The summed E-state index contributed by atoms with van der Waals surface area (Å²) in [6.45, 7) is 1.78. The van der Waals surface area contributed by atoms with E-state index in [1.165, 1.54) is 25.5 Å². The summed E-state index contributed by atoms with van der Waals surface area (Å²) in [5.41, 5.74) is 1.62. The lowest BCUT2D eigenvalue weighted by Crippen LogP contribution is -2.19. The molecule has 0 spiro atoms. The first-order chi connectivity index (χ1) is 10.0. The van der Waals surface area contributed by atoms with Crippen LogP contribution in [0.25, 0.3) is 0 Å². The van der Waals surface area contributed by atoms with E-state index in [4.69, 9.17) is 11.6 Å². The van der Waals surface area contributed by atoms with Gasteiger partial charge in [0.05, 0.1) is 22.6 Å². The number of aromatic nitrogens is 2. The van der Waals surface area contributed by atoms with Crippen molar-refractivity contribution in [3.8, 4) is 0 Å². The van der Waals surface area contributed by atoms with Crippen LogP contribution in [0.5, 0.6) is 0 Å². The smallest absolute Gasteiger partial charge is 0.275 e. The predicted octanol–water partition coefficient (Wildman–Crippen LogP) is 2.05. The van der Waals surface area contributed by atoms with Crippen molar-refractivity contribution in [2.45, 2.75) is 6.92 Å². The molecular formula is C14H13ClN4O2. The molecular weight excluding hydrogens is 292 g/mol. The molecule has 108 valence electrons. The molecule has 2 rings (SSSR count). The standard InChI is InChI=1S/C14H13ClN4O2/c1-8-6-18-12(7-17-8)14(21)19-11-5-9(13(20)16-2)3-4-10(11)15/h3-7H,1-2H3,(H,16,20)(H,19,21). The summed E-state index contributed by atoms with van der Waals surface area (Å²) in [6, 6.07) is 4.62. The van der Waals surface area contributed by atoms with Crippen LogP contribution in [0.3, 0.4) is 0 Å². The highest BCUT2D eigenvalue weighted by Gasteiger charge is 2.12. The van der Waals surface area contributed by atoms with E-state index in [9.17, 15) is 9.59 Å². The molecule has 1 aromatic carbocycles. The lowest BCUT2D eigenvalue weighted by molar-refractivity contribution is 0.0961. The number of benzene rings is 1. The topological polar surface area (TPSA) is 84.0 Å². The van der Waals surface area contributed by atoms with Crippen molar-refractivity contribution in [2.75, 3.05) is 12.4 Å². The third-order valence-electron chi connectivity index (χ3n) is 2.72. The monoisotopic (exact) mass is 304 g/mol. The molecule has 0 unspecified atom stereocenters. The van der Waals surface area contributed by atoms with Gasteiger partial charge in [-0.3, -0.25) is 14.6 Å². The minimum Gasteiger partial charge on any atom is -0.355 e. The minimum atomic E-state index is -0.446. The van der Waals surface area contributed by atoms with Gasteiger partial charge in [0.2, 0.25) is 0 Å². The number of hydrogen-bond donors (Lipinski definition) is 2. The maximum Gasteiger partial charge on any atom is 0.275 e. The molecule has 1 aromatic heterocycles. The number of hydrogen-bond acceptors (Lipinski definition) is 4. The van der Waals surface area contributed by atoms with Crippen molar-refractivity contribution >= 4 is 29.1 Å². The van der Waals surface area contributed by atoms with Gasteiger partial charge in [-0.05, 0) is 25.1 Å². The third kappa shape index (κ3) is 3.55. The van der Waals surface area contributed by atoms with Gasteiger partial charge in [-0.2, -0.15) is 0 Å². The number of carbonyl (C=O) groups is 2. The Balaban J connectivity index is 2.24. The van der Waals surface area contributed by atoms with Gasteiger partial charge in [-0.15, -0.1) is 0 Å². The first-order valence-corrected chi connectivity index (χ1v) is 6.50. The Hall–Kier alpha value is -2.47. The summed E-state index contributed by atoms with van der Waals surface area (Å²) in [5, 5.41) is 5.44. The Kier molecular flexibility index (Phi) is 4.49. The van der Waals surface area contributed by atoms with E-state index < -0.39 is 5.91 Å². The zero-order valence-corrected chi connectivity index (χ0v) is 12.2. The van der Waals surface area contributed by atoms with E-state index in [0.29, 0.717) is 22.0 Å². The number of halogens is 1. The van der Waals surface area contributed by atoms with Gasteiger partial charge in [0.1, 0.15) is 5.69 Å². The fourth-order valence-corrected chi connectivity index (χ4v) is 1.77. The summed E-state index contributed by atoms with van der Waals surface area (Å²) < 4.78 is 0. The first kappa shape index (κ1) is 14.9. The van der Waals surface area contributed by atoms with Crippen LogP contribution in [0.15, 0.2) is 30.6 Å². The largest absolute Gasteiger partial charge is 0.355 e. The number of amides is 2. The molecule has 0 aliphatic rings. The highest BCUT2D eigenvalue weighted by molar-refractivity contribution is 6.34. The number of aryl methyl sites for hydroxylation is 1. The van der Waals surface area contributed by atoms with Gasteiger partial charge >= 0.3 is 0 Å². The van der Waals surface area contributed by atoms with Crippen molar-refractivity contribution < 1.29 is 9.59 Å². The maximum atomic E-state index is 12.1. The second kappa shape index (κ2) is 6.32. The van der Waals surface area contributed by atoms with Gasteiger partial charge in [0.15, 0.2) is 0 Å². The Labute approximate surface area is 126 Å². The second-order valence-corrected chi connectivity index (χ2v) is 4.68. The van der Waals surface area contributed by atoms with Crippen LogP contribution in [0.4, 0.5) is 5.69 Å². The van der Waals surface area contributed by atoms with Gasteiger partial charge in [-0.1, -0.05) is 11.6 Å². The predicted molar refractivity (Wildman–Crippen MR) is 79.6 cm³/mol. The molecule has 21 heavy (non-hydrogen) atoms. The Morgan fingerprint density at radius 1 is 1.14 bits per heavy atom. The van der Waals surface area contributed by atoms with Crippen LogP contribution in [0, 0.1) is 6.92 Å². The van der Waals surface area contributed by atoms with Gasteiger partial charge in [-0.25, -0.2) is 4.98 Å². The van der Waals surface area contributed by atoms with Crippen LogP contribution < -0.4 is 10.6 Å². The summed E-state index contributed by atoms with van der Waals surface area (Å²) in [4.78, 5) is 31.6. The molecule has 0 aliphatic heterocycles. The van der Waals surface area contributed by atoms with E-state index in [0.717, 1.165) is 0 Å². The number of nitrogens with one attached hydrogen (secondary N) is 2. The fourth-order valence-electron chi connectivity index (χ4n) is 1.60. The number of anilines is 1. The molecule has 0 fully saturated rings. The van der Waals surface area contributed by atoms with Crippen molar-refractivity contribution in [3.05, 3.63) is 52.6 Å². The number of rotatable bonds is 3. The molecule has 0 aliphatic carbocycles. The van der Waals surface area contributed by atoms with Gasteiger partial charge in [0, 0.05) is 18.8 Å². The summed E-state index contributed by atoms with van der Waals surface area (Å²) >= 11 is 6.02. The molecule has 1 heterocycles. The summed E-state index contributed by atoms with van der Waals surface area (Å²) in [6.07, 6.45) is 2.87. The zero-order valence-electron chi connectivity index (χ0n) is 11.5. The maximum absolute atomic E-state index is 12.1. The minimum absolute atomic E-state index is 0.169. The van der Waals surface area contributed by atoms with Crippen LogP contribution in [-0.2, 0) is 0 Å². The van der Waals surface area contributed by atoms with Gasteiger partial charge < -0.3 is 10.6 Å². The van der Waals surface area contributed by atoms with E-state index >= 15 is 0 Å². The highest BCUT2D eigenvalue weighted by Crippen LogP contribution is 2.23. The Bertz CT molecular complexity index is 686. The highest BCUT2D eigenvalue weighted by atomic mass is 35.5. The lowest BCUT2D eigenvalue weighted by atomic mass is 10.2. The quantitative estimate of drug-likeness (QED) is 0.909. The average molecular weight is 305 g/mol. The first-order valence-electron chi connectivity index (χ1n) is 6.13. The molecule has 0 saturated carbocycles. The average Bonchev–Trinajstić information content (AvgIpc) is 2.49. The van der Waals surface area contributed by atoms with E-state index in [1.807, 2.05) is 0 Å². The normalized spacial score (nSPS) is 10.0. The third-order valence-corrected chi connectivity index (χ3v) is 3.05. The van der Waals surface area contributed by atoms with Gasteiger partial charge in [0.25, 0.3) is 11.8 Å². The van der Waals surface area contributed by atoms with Crippen LogP contribution in [-0.4, -0.2) is 28.8 Å². The molecule has 0 atom stereocenters. The molecule has 0 bridgehead atoms. The molecule has 0 saturated heterocycles. The van der Waals surface area contributed by atoms with E-state index in [-0.39, 0.29) is 11.6 Å². The fraction of sp³-hybridized carbons (Fsp3) is 0.143. The summed E-state index contributed by atoms with van der Waals surface area (Å²) in [5.74, 6) is -0.712. The van der Waals surface area contributed by atoms with Crippen molar-refractivity contribution in [1.29, 1.82) is 0 Å². The Morgan fingerprint density at radius 3 is 2.52 bits per heavy atom. The lowest BCUT2D eigenvalue weighted by Gasteiger charge is -2.08. The van der Waals surface area contributed by atoms with Crippen molar-refractivity contribution in [3.63, 3.8) is 0 Å². The number of carbonyl (C=O) groups excluding carboxylic acids is 2. The van der Waals surface area contributed by atoms with Crippen LogP contribution >= 0.6 is 11.6 Å². The SMILES string of the molecule is CNC(=O)c1ccc(Cl)c(NC(=O)c2cnc(C)cn2)c1.